The van der Waals surface area contributed by atoms with Crippen LogP contribution in [0.25, 0.3) is 27.2 Å². The van der Waals surface area contributed by atoms with Gasteiger partial charge >= 0.3 is 0 Å². The third-order valence-electron chi connectivity index (χ3n) is 6.30. The molecule has 3 aromatic heterocycles. The fourth-order valence-corrected chi connectivity index (χ4v) is 5.16. The molecule has 2 aromatic carbocycles. The number of rotatable bonds is 5. The molecule has 2 N–H and O–H groups in total. The fourth-order valence-electron chi connectivity index (χ4n) is 4.45. The topological polar surface area (TPSA) is 124 Å². The molecule has 190 valence electrons. The van der Waals surface area contributed by atoms with Crippen molar-refractivity contribution in [2.75, 3.05) is 6.61 Å². The molecule has 6 rings (SSSR count). The highest BCUT2D eigenvalue weighted by molar-refractivity contribution is 7.16. The van der Waals surface area contributed by atoms with Crippen molar-refractivity contribution in [1.29, 1.82) is 0 Å². The molecule has 1 fully saturated rings. The van der Waals surface area contributed by atoms with Crippen LogP contribution in [0.3, 0.4) is 0 Å². The van der Waals surface area contributed by atoms with Gasteiger partial charge in [-0.15, -0.1) is 16.4 Å². The van der Waals surface area contributed by atoms with Crippen molar-refractivity contribution in [3.63, 3.8) is 0 Å². The molecule has 0 saturated carbocycles. The molecule has 0 bridgehead atoms. The molecule has 5 aromatic rings. The van der Waals surface area contributed by atoms with E-state index in [0.717, 1.165) is 28.0 Å². The van der Waals surface area contributed by atoms with Gasteiger partial charge in [0.25, 0.3) is 0 Å². The van der Waals surface area contributed by atoms with Gasteiger partial charge in [0.15, 0.2) is 23.3 Å². The first-order valence-corrected chi connectivity index (χ1v) is 12.1. The minimum atomic E-state index is -1.58. The molecule has 0 spiro atoms. The number of aromatic nitrogens is 7. The third kappa shape index (κ3) is 4.17. The Morgan fingerprint density at radius 3 is 2.70 bits per heavy atom. The summed E-state index contributed by atoms with van der Waals surface area (Å²) in [7, 11) is 0. The second-order valence-electron chi connectivity index (χ2n) is 8.51. The molecular formula is C23H18F3N7O3S. The summed E-state index contributed by atoms with van der Waals surface area (Å²) < 4.78 is 50.7. The second kappa shape index (κ2) is 9.30. The normalized spacial score (nSPS) is 22.1. The third-order valence-corrected chi connectivity index (χ3v) is 7.09. The number of benzene rings is 2. The Labute approximate surface area is 210 Å². The lowest BCUT2D eigenvalue weighted by Crippen LogP contribution is -2.45. The SMILES string of the molecule is OC[C@H]1O[C@@H](c2ncnn2-c2ccc3ncsc3c2)C[C@@H](n2cc(-c3cc(F)c(F)c(F)c3)nn2)[C@H]1O. The van der Waals surface area contributed by atoms with Crippen LogP contribution in [0, 0.1) is 17.5 Å². The zero-order valence-electron chi connectivity index (χ0n) is 18.8. The minimum Gasteiger partial charge on any atom is -0.394 e. The maximum Gasteiger partial charge on any atom is 0.194 e. The Balaban J connectivity index is 1.33. The molecule has 0 amide bonds. The van der Waals surface area contributed by atoms with Crippen molar-refractivity contribution >= 4 is 21.6 Å². The standard InChI is InChI=1S/C23H18F3N7O3S/c24-13-3-11(4-14(25)21(13)26)16-7-32(31-30-16)17-6-18(36-19(8-34)22(17)35)23-27-9-29-33(23)12-1-2-15-20(5-12)37-10-28-15/h1-5,7,9-10,17-19,22,34-35H,6,8H2/t17-,18-,19-,22-/m1/s1. The maximum atomic E-state index is 13.7. The first-order chi connectivity index (χ1) is 17.9. The summed E-state index contributed by atoms with van der Waals surface area (Å²) in [6.07, 6.45) is 0.0921. The van der Waals surface area contributed by atoms with Crippen molar-refractivity contribution in [3.05, 3.63) is 71.6 Å². The Kier molecular flexibility index (Phi) is 5.95. The van der Waals surface area contributed by atoms with Crippen molar-refractivity contribution in [1.82, 2.24) is 34.7 Å². The van der Waals surface area contributed by atoms with Gasteiger partial charge in [-0.2, -0.15) is 5.10 Å². The number of halogens is 3. The molecule has 0 unspecified atom stereocenters. The number of aliphatic hydroxyl groups excluding tert-OH is 2. The van der Waals surface area contributed by atoms with Crippen molar-refractivity contribution < 1.29 is 28.1 Å². The van der Waals surface area contributed by atoms with E-state index in [1.54, 1.807) is 10.2 Å². The van der Waals surface area contributed by atoms with Crippen LogP contribution in [-0.4, -0.2) is 63.8 Å². The molecule has 14 heteroatoms. The van der Waals surface area contributed by atoms with E-state index in [-0.39, 0.29) is 17.7 Å². The molecule has 0 aliphatic carbocycles. The Morgan fingerprint density at radius 2 is 1.92 bits per heavy atom. The zero-order chi connectivity index (χ0) is 25.7. The summed E-state index contributed by atoms with van der Waals surface area (Å²) in [5.74, 6) is -3.84. The molecule has 1 aliphatic heterocycles. The van der Waals surface area contributed by atoms with Crippen LogP contribution in [-0.2, 0) is 4.74 Å². The Bertz CT molecular complexity index is 1570. The van der Waals surface area contributed by atoms with E-state index < -0.39 is 48.4 Å². The van der Waals surface area contributed by atoms with E-state index in [0.29, 0.717) is 5.82 Å². The highest BCUT2D eigenvalue weighted by Gasteiger charge is 2.41. The van der Waals surface area contributed by atoms with Crippen LogP contribution in [0.1, 0.15) is 24.4 Å². The van der Waals surface area contributed by atoms with Crippen molar-refractivity contribution in [2.45, 2.75) is 30.8 Å². The van der Waals surface area contributed by atoms with Gasteiger partial charge in [-0.05, 0) is 30.3 Å². The van der Waals surface area contributed by atoms with Crippen LogP contribution in [0.5, 0.6) is 0 Å². The lowest BCUT2D eigenvalue weighted by molar-refractivity contribution is -0.161. The van der Waals surface area contributed by atoms with Gasteiger partial charge in [-0.25, -0.2) is 32.5 Å². The molecule has 1 saturated heterocycles. The van der Waals surface area contributed by atoms with Crippen molar-refractivity contribution in [3.8, 4) is 16.9 Å². The van der Waals surface area contributed by atoms with Gasteiger partial charge in [0.1, 0.15) is 30.3 Å². The molecular weight excluding hydrogens is 511 g/mol. The molecule has 4 heterocycles. The predicted molar refractivity (Wildman–Crippen MR) is 124 cm³/mol. The highest BCUT2D eigenvalue weighted by Crippen LogP contribution is 2.38. The van der Waals surface area contributed by atoms with E-state index in [1.165, 1.54) is 28.5 Å². The van der Waals surface area contributed by atoms with Crippen molar-refractivity contribution in [2.24, 2.45) is 0 Å². The summed E-state index contributed by atoms with van der Waals surface area (Å²) in [4.78, 5) is 8.65. The highest BCUT2D eigenvalue weighted by atomic mass is 32.1. The maximum absolute atomic E-state index is 13.7. The molecule has 0 radical (unpaired) electrons. The van der Waals surface area contributed by atoms with E-state index in [9.17, 15) is 23.4 Å². The van der Waals surface area contributed by atoms with Crippen LogP contribution in [0.4, 0.5) is 13.2 Å². The number of thiazole rings is 1. The fraction of sp³-hybridized carbons (Fsp3) is 0.261. The number of hydrogen-bond donors (Lipinski definition) is 2. The van der Waals surface area contributed by atoms with E-state index in [1.807, 2.05) is 18.2 Å². The summed E-state index contributed by atoms with van der Waals surface area (Å²) in [6.45, 7) is -0.481. The van der Waals surface area contributed by atoms with Crippen LogP contribution >= 0.6 is 11.3 Å². The zero-order valence-corrected chi connectivity index (χ0v) is 19.6. The number of ether oxygens (including phenoxy) is 1. The minimum absolute atomic E-state index is 0.0161. The smallest absolute Gasteiger partial charge is 0.194 e. The van der Waals surface area contributed by atoms with Gasteiger partial charge in [-0.1, -0.05) is 5.21 Å². The lowest BCUT2D eigenvalue weighted by atomic mass is 9.95. The molecule has 1 aliphatic rings. The second-order valence-corrected chi connectivity index (χ2v) is 9.40. The summed E-state index contributed by atoms with van der Waals surface area (Å²) in [6, 6.07) is 6.54. The summed E-state index contributed by atoms with van der Waals surface area (Å²) in [5.41, 5.74) is 3.40. The van der Waals surface area contributed by atoms with Gasteiger partial charge in [0.2, 0.25) is 0 Å². The van der Waals surface area contributed by atoms with Gasteiger partial charge < -0.3 is 14.9 Å². The molecule has 37 heavy (non-hydrogen) atoms. The first-order valence-electron chi connectivity index (χ1n) is 11.2. The Hall–Kier alpha value is -3.72. The van der Waals surface area contributed by atoms with Gasteiger partial charge in [0, 0.05) is 12.0 Å². The van der Waals surface area contributed by atoms with E-state index >= 15 is 0 Å². The van der Waals surface area contributed by atoms with Crippen LogP contribution in [0.2, 0.25) is 0 Å². The number of nitrogens with zero attached hydrogens (tertiary/aromatic N) is 7. The van der Waals surface area contributed by atoms with Gasteiger partial charge in [0.05, 0.1) is 40.3 Å². The van der Waals surface area contributed by atoms with E-state index in [4.69, 9.17) is 4.74 Å². The quantitative estimate of drug-likeness (QED) is 0.333. The average Bonchev–Trinajstić information content (AvgIpc) is 3.67. The number of aliphatic hydroxyl groups is 2. The summed E-state index contributed by atoms with van der Waals surface area (Å²) in [5, 5.41) is 33.1. The van der Waals surface area contributed by atoms with E-state index in [2.05, 4.69) is 25.4 Å². The van der Waals surface area contributed by atoms with Gasteiger partial charge in [-0.3, -0.25) is 0 Å². The number of fused-ring (bicyclic) bond motifs is 1. The lowest BCUT2D eigenvalue weighted by Gasteiger charge is -2.38. The predicted octanol–water partition coefficient (Wildman–Crippen LogP) is 2.98. The first kappa shape index (κ1) is 23.7. The van der Waals surface area contributed by atoms with Crippen LogP contribution in [0.15, 0.2) is 48.4 Å². The average molecular weight is 530 g/mol. The van der Waals surface area contributed by atoms with Crippen LogP contribution < -0.4 is 0 Å². The molecule has 4 atom stereocenters. The number of hydrogen-bond acceptors (Lipinski definition) is 9. The monoisotopic (exact) mass is 529 g/mol. The molecule has 10 nitrogen and oxygen atoms in total. The largest absolute Gasteiger partial charge is 0.394 e. The summed E-state index contributed by atoms with van der Waals surface area (Å²) >= 11 is 1.49. The Morgan fingerprint density at radius 1 is 1.11 bits per heavy atom.